The number of amides is 1. The number of anilines is 1. The quantitative estimate of drug-likeness (QED) is 0.830. The van der Waals surface area contributed by atoms with E-state index in [9.17, 15) is 4.79 Å². The Balaban J connectivity index is 2.39. The zero-order valence-corrected chi connectivity index (χ0v) is 11.0. The average molecular weight is 273 g/mol. The van der Waals surface area contributed by atoms with Crippen molar-refractivity contribution < 1.29 is 14.3 Å². The number of cyclic esters (lactones) is 1. The molecule has 1 atom stereocenters. The van der Waals surface area contributed by atoms with Crippen LogP contribution in [-0.4, -0.2) is 40.8 Å². The van der Waals surface area contributed by atoms with E-state index in [1.54, 1.807) is 0 Å². The first kappa shape index (κ1) is 12.8. The molecule has 1 fully saturated rings. The van der Waals surface area contributed by atoms with Crippen LogP contribution in [0.2, 0.25) is 5.28 Å². The topological polar surface area (TPSA) is 77.4 Å². The second-order valence-corrected chi connectivity index (χ2v) is 4.49. The maximum absolute atomic E-state index is 11.7. The summed E-state index contributed by atoms with van der Waals surface area (Å²) in [5.41, 5.74) is 0. The van der Waals surface area contributed by atoms with Gasteiger partial charge in [0.15, 0.2) is 0 Å². The van der Waals surface area contributed by atoms with Gasteiger partial charge in [0.2, 0.25) is 11.2 Å². The lowest BCUT2D eigenvalue weighted by atomic mass is 10.1. The molecule has 0 bridgehead atoms. The van der Waals surface area contributed by atoms with Crippen LogP contribution in [0.1, 0.15) is 13.8 Å². The van der Waals surface area contributed by atoms with Gasteiger partial charge in [0.05, 0.1) is 13.2 Å². The highest BCUT2D eigenvalue weighted by Gasteiger charge is 2.38. The second kappa shape index (κ2) is 4.93. The average Bonchev–Trinajstić information content (AvgIpc) is 2.70. The Bertz CT molecular complexity index is 468. The summed E-state index contributed by atoms with van der Waals surface area (Å²) in [7, 11) is 1.41. The molecule has 0 radical (unpaired) electrons. The van der Waals surface area contributed by atoms with E-state index in [0.717, 1.165) is 0 Å². The number of rotatable bonds is 3. The molecule has 1 aliphatic rings. The summed E-state index contributed by atoms with van der Waals surface area (Å²) in [6, 6.07) is -0.0621. The van der Waals surface area contributed by atoms with E-state index in [0.29, 0.717) is 6.61 Å². The van der Waals surface area contributed by atoms with Crippen LogP contribution in [0.5, 0.6) is 6.01 Å². The second-order valence-electron chi connectivity index (χ2n) is 4.15. The number of hydrogen-bond donors (Lipinski definition) is 0. The summed E-state index contributed by atoms with van der Waals surface area (Å²) >= 11 is 5.76. The molecule has 0 aliphatic carbocycles. The number of halogens is 1. The highest BCUT2D eigenvalue weighted by Crippen LogP contribution is 2.25. The molecule has 0 aromatic carbocycles. The monoisotopic (exact) mass is 272 g/mol. The van der Waals surface area contributed by atoms with Crippen LogP contribution in [0, 0.1) is 5.92 Å². The van der Waals surface area contributed by atoms with Gasteiger partial charge in [0, 0.05) is 0 Å². The maximum Gasteiger partial charge on any atom is 0.417 e. The number of carbonyl (C=O) groups is 1. The van der Waals surface area contributed by atoms with Crippen molar-refractivity contribution in [2.75, 3.05) is 18.6 Å². The Morgan fingerprint density at radius 1 is 1.44 bits per heavy atom. The minimum Gasteiger partial charge on any atom is -0.467 e. The summed E-state index contributed by atoms with van der Waals surface area (Å²) in [5.74, 6) is 0.353. The fourth-order valence-electron chi connectivity index (χ4n) is 1.68. The van der Waals surface area contributed by atoms with Gasteiger partial charge < -0.3 is 9.47 Å². The highest BCUT2D eigenvalue weighted by molar-refractivity contribution is 6.28. The lowest BCUT2D eigenvalue weighted by Crippen LogP contribution is -2.38. The molecule has 2 heterocycles. The Morgan fingerprint density at radius 2 is 2.17 bits per heavy atom. The largest absolute Gasteiger partial charge is 0.467 e. The molecule has 1 saturated heterocycles. The van der Waals surface area contributed by atoms with Crippen LogP contribution in [0.3, 0.4) is 0 Å². The van der Waals surface area contributed by atoms with Gasteiger partial charge in [-0.3, -0.25) is 0 Å². The summed E-state index contributed by atoms with van der Waals surface area (Å²) < 4.78 is 9.91. The van der Waals surface area contributed by atoms with Crippen molar-refractivity contribution in [1.29, 1.82) is 0 Å². The first-order chi connectivity index (χ1) is 8.52. The Labute approximate surface area is 109 Å². The molecule has 2 rings (SSSR count). The van der Waals surface area contributed by atoms with Gasteiger partial charge >= 0.3 is 12.1 Å². The molecule has 8 heteroatoms. The van der Waals surface area contributed by atoms with Gasteiger partial charge in [-0.05, 0) is 17.5 Å². The molecule has 0 spiro atoms. The molecule has 1 amide bonds. The SMILES string of the molecule is COc1nc(Cl)nc(N2C(=O)OCC2C(C)C)n1. The van der Waals surface area contributed by atoms with Gasteiger partial charge in [-0.25, -0.2) is 9.69 Å². The molecular weight excluding hydrogens is 260 g/mol. The molecule has 1 aromatic heterocycles. The minimum atomic E-state index is -0.488. The minimum absolute atomic E-state index is 0.0287. The van der Waals surface area contributed by atoms with E-state index in [1.807, 2.05) is 13.8 Å². The van der Waals surface area contributed by atoms with Crippen LogP contribution in [0.4, 0.5) is 10.7 Å². The molecule has 98 valence electrons. The van der Waals surface area contributed by atoms with Gasteiger partial charge in [-0.2, -0.15) is 15.0 Å². The number of aromatic nitrogens is 3. The van der Waals surface area contributed by atoms with E-state index in [1.165, 1.54) is 12.0 Å². The highest BCUT2D eigenvalue weighted by atomic mass is 35.5. The van der Waals surface area contributed by atoms with Crippen molar-refractivity contribution >= 4 is 23.6 Å². The predicted molar refractivity (Wildman–Crippen MR) is 63.8 cm³/mol. The number of carbonyl (C=O) groups excluding carboxylic acids is 1. The van der Waals surface area contributed by atoms with Crippen molar-refractivity contribution in [3.8, 4) is 6.01 Å². The van der Waals surface area contributed by atoms with Crippen molar-refractivity contribution in [3.63, 3.8) is 0 Å². The Morgan fingerprint density at radius 3 is 2.78 bits per heavy atom. The third-order valence-electron chi connectivity index (χ3n) is 2.65. The van der Waals surface area contributed by atoms with E-state index < -0.39 is 6.09 Å². The first-order valence-corrected chi connectivity index (χ1v) is 5.82. The van der Waals surface area contributed by atoms with Crippen LogP contribution in [0.25, 0.3) is 0 Å². The van der Waals surface area contributed by atoms with Crippen LogP contribution in [0.15, 0.2) is 0 Å². The molecule has 7 nitrogen and oxygen atoms in total. The number of ether oxygens (including phenoxy) is 2. The van der Waals surface area contributed by atoms with Gasteiger partial charge in [0.1, 0.15) is 6.61 Å². The van der Waals surface area contributed by atoms with E-state index in [2.05, 4.69) is 15.0 Å². The molecular formula is C10H13ClN4O3. The third kappa shape index (κ3) is 2.31. The molecule has 0 N–H and O–H groups in total. The van der Waals surface area contributed by atoms with Crippen LogP contribution < -0.4 is 9.64 Å². The first-order valence-electron chi connectivity index (χ1n) is 5.44. The Kier molecular flexibility index (Phi) is 3.51. The number of methoxy groups -OCH3 is 1. The smallest absolute Gasteiger partial charge is 0.417 e. The van der Waals surface area contributed by atoms with Crippen molar-refractivity contribution in [2.45, 2.75) is 19.9 Å². The predicted octanol–water partition coefficient (Wildman–Crippen LogP) is 1.51. The standard InChI is InChI=1S/C10H13ClN4O3/c1-5(2)6-4-18-10(16)15(6)8-12-7(11)13-9(14-8)17-3/h5-6H,4H2,1-3H3. The molecule has 1 aromatic rings. The normalized spacial score (nSPS) is 19.3. The van der Waals surface area contributed by atoms with Crippen molar-refractivity contribution in [2.24, 2.45) is 5.92 Å². The summed E-state index contributed by atoms with van der Waals surface area (Å²) in [4.78, 5) is 24.8. The number of hydrogen-bond acceptors (Lipinski definition) is 6. The zero-order chi connectivity index (χ0) is 13.3. The van der Waals surface area contributed by atoms with E-state index >= 15 is 0 Å². The summed E-state index contributed by atoms with van der Waals surface area (Å²) in [5, 5.41) is -0.0287. The Hall–Kier alpha value is -1.63. The molecule has 18 heavy (non-hydrogen) atoms. The van der Waals surface area contributed by atoms with E-state index in [4.69, 9.17) is 21.1 Å². The van der Waals surface area contributed by atoms with Crippen LogP contribution >= 0.6 is 11.6 Å². The maximum atomic E-state index is 11.7. The number of nitrogens with zero attached hydrogens (tertiary/aromatic N) is 4. The van der Waals surface area contributed by atoms with Crippen LogP contribution in [-0.2, 0) is 4.74 Å². The lowest BCUT2D eigenvalue weighted by molar-refractivity contribution is 0.177. The van der Waals surface area contributed by atoms with Gasteiger partial charge in [0.25, 0.3) is 0 Å². The fraction of sp³-hybridized carbons (Fsp3) is 0.600. The van der Waals surface area contributed by atoms with Gasteiger partial charge in [-0.1, -0.05) is 13.8 Å². The third-order valence-corrected chi connectivity index (χ3v) is 2.82. The lowest BCUT2D eigenvalue weighted by Gasteiger charge is -2.22. The summed E-state index contributed by atoms with van der Waals surface area (Å²) in [6.45, 7) is 4.28. The zero-order valence-electron chi connectivity index (χ0n) is 10.3. The van der Waals surface area contributed by atoms with Crippen molar-refractivity contribution in [1.82, 2.24) is 15.0 Å². The molecule has 1 unspecified atom stereocenters. The van der Waals surface area contributed by atoms with E-state index in [-0.39, 0.29) is 29.2 Å². The fourth-order valence-corrected chi connectivity index (χ4v) is 1.83. The summed E-state index contributed by atoms with van der Waals surface area (Å²) in [6.07, 6.45) is -0.488. The molecule has 1 aliphatic heterocycles. The van der Waals surface area contributed by atoms with Crippen molar-refractivity contribution in [3.05, 3.63) is 5.28 Å². The van der Waals surface area contributed by atoms with Gasteiger partial charge in [-0.15, -0.1) is 0 Å². The molecule has 0 saturated carbocycles.